The molecule has 2 aromatic carbocycles. The smallest absolute Gasteiger partial charge is 0.257 e. The fourth-order valence-electron chi connectivity index (χ4n) is 3.21. The van der Waals surface area contributed by atoms with E-state index in [-0.39, 0.29) is 5.91 Å². The van der Waals surface area contributed by atoms with Gasteiger partial charge in [0, 0.05) is 44.7 Å². The lowest BCUT2D eigenvalue weighted by Crippen LogP contribution is -2.39. The molecule has 0 radical (unpaired) electrons. The van der Waals surface area contributed by atoms with Gasteiger partial charge in [0.1, 0.15) is 0 Å². The van der Waals surface area contributed by atoms with E-state index in [1.807, 2.05) is 43.3 Å². The lowest BCUT2D eigenvalue weighted by atomic mass is 10.1. The highest BCUT2D eigenvalue weighted by Crippen LogP contribution is 2.18. The molecule has 0 unspecified atom stereocenters. The van der Waals surface area contributed by atoms with Crippen molar-refractivity contribution in [3.63, 3.8) is 0 Å². The van der Waals surface area contributed by atoms with Gasteiger partial charge in [-0.25, -0.2) is 0 Å². The lowest BCUT2D eigenvalue weighted by Gasteiger charge is -2.12. The Kier molecular flexibility index (Phi) is 8.36. The summed E-state index contributed by atoms with van der Waals surface area (Å²) in [5.74, 6) is 1.94. The van der Waals surface area contributed by atoms with Crippen molar-refractivity contribution in [2.75, 3.05) is 27.2 Å². The average Bonchev–Trinajstić information content (AvgIpc) is 3.32. The summed E-state index contributed by atoms with van der Waals surface area (Å²) in [7, 11) is 3.39. The van der Waals surface area contributed by atoms with Gasteiger partial charge in [-0.15, -0.1) is 0 Å². The first-order valence-corrected chi connectivity index (χ1v) is 10.8. The van der Waals surface area contributed by atoms with Crippen LogP contribution >= 0.6 is 0 Å². The van der Waals surface area contributed by atoms with Crippen LogP contribution in [0.4, 0.5) is 0 Å². The molecule has 3 N–H and O–H groups in total. The number of carbonyl (C=O) groups is 1. The molecule has 1 amide bonds. The first-order chi connectivity index (χ1) is 15.6. The Morgan fingerprint density at radius 1 is 1.03 bits per heavy atom. The maximum Gasteiger partial charge on any atom is 0.257 e. The largest absolute Gasteiger partial charge is 0.356 e. The third kappa shape index (κ3) is 6.41. The van der Waals surface area contributed by atoms with Gasteiger partial charge in [0.25, 0.3) is 11.8 Å². The second-order valence-corrected chi connectivity index (χ2v) is 7.27. The van der Waals surface area contributed by atoms with Gasteiger partial charge >= 0.3 is 0 Å². The highest BCUT2D eigenvalue weighted by molar-refractivity contribution is 5.94. The number of hydrogen-bond acceptors (Lipinski definition) is 5. The van der Waals surface area contributed by atoms with E-state index in [2.05, 4.69) is 43.2 Å². The van der Waals surface area contributed by atoms with Crippen molar-refractivity contribution < 1.29 is 9.32 Å². The topological polar surface area (TPSA) is 104 Å². The van der Waals surface area contributed by atoms with Gasteiger partial charge in [0.2, 0.25) is 0 Å². The molecule has 8 nitrogen and oxygen atoms in total. The van der Waals surface area contributed by atoms with Crippen molar-refractivity contribution in [1.82, 2.24) is 26.1 Å². The molecule has 1 aromatic heterocycles. The number of nitrogens with one attached hydrogen (secondary N) is 3. The lowest BCUT2D eigenvalue weighted by molar-refractivity contribution is 0.0963. The zero-order valence-corrected chi connectivity index (χ0v) is 18.8. The van der Waals surface area contributed by atoms with Crippen molar-refractivity contribution >= 4 is 11.9 Å². The SMILES string of the molecule is CCc1noc(-c2ccc(CCNC(=NC)NCCc3cccc(C(=O)NC)c3)cc2)n1. The Morgan fingerprint density at radius 3 is 2.38 bits per heavy atom. The van der Waals surface area contributed by atoms with E-state index in [0.29, 0.717) is 17.3 Å². The van der Waals surface area contributed by atoms with E-state index < -0.39 is 0 Å². The van der Waals surface area contributed by atoms with Crippen LogP contribution in [0.3, 0.4) is 0 Å². The van der Waals surface area contributed by atoms with Crippen LogP contribution in [-0.4, -0.2) is 49.2 Å². The second kappa shape index (κ2) is 11.6. The number of aliphatic imine (C=N–C) groups is 1. The first-order valence-electron chi connectivity index (χ1n) is 10.8. The molecule has 3 rings (SSSR count). The fourth-order valence-corrected chi connectivity index (χ4v) is 3.21. The Balaban J connectivity index is 1.42. The molecule has 1 heterocycles. The van der Waals surface area contributed by atoms with E-state index >= 15 is 0 Å². The van der Waals surface area contributed by atoms with Crippen molar-refractivity contribution in [2.45, 2.75) is 26.2 Å². The monoisotopic (exact) mass is 434 g/mol. The van der Waals surface area contributed by atoms with Crippen LogP contribution in [0.2, 0.25) is 0 Å². The van der Waals surface area contributed by atoms with E-state index in [1.54, 1.807) is 14.1 Å². The quantitative estimate of drug-likeness (QED) is 0.353. The number of nitrogens with zero attached hydrogens (tertiary/aromatic N) is 3. The molecule has 8 heteroatoms. The van der Waals surface area contributed by atoms with Gasteiger partial charge in [0.15, 0.2) is 11.8 Å². The van der Waals surface area contributed by atoms with Gasteiger partial charge in [-0.05, 0) is 48.2 Å². The Bertz CT molecular complexity index is 1040. The normalized spacial score (nSPS) is 11.3. The summed E-state index contributed by atoms with van der Waals surface area (Å²) in [5, 5.41) is 13.2. The molecular formula is C24H30N6O2. The van der Waals surface area contributed by atoms with Gasteiger partial charge in [-0.3, -0.25) is 9.79 Å². The molecule has 3 aromatic rings. The predicted molar refractivity (Wildman–Crippen MR) is 126 cm³/mol. The summed E-state index contributed by atoms with van der Waals surface area (Å²) in [6, 6.07) is 15.8. The molecule has 0 atom stereocenters. The molecule has 0 spiro atoms. The minimum atomic E-state index is -0.0758. The van der Waals surface area contributed by atoms with Gasteiger partial charge in [-0.1, -0.05) is 36.3 Å². The molecule has 32 heavy (non-hydrogen) atoms. The van der Waals surface area contributed by atoms with Gasteiger partial charge in [0.05, 0.1) is 0 Å². The van der Waals surface area contributed by atoms with E-state index in [1.165, 1.54) is 5.56 Å². The highest BCUT2D eigenvalue weighted by Gasteiger charge is 2.08. The van der Waals surface area contributed by atoms with Crippen molar-refractivity contribution in [3.05, 3.63) is 71.0 Å². The van der Waals surface area contributed by atoms with Crippen LogP contribution < -0.4 is 16.0 Å². The van der Waals surface area contributed by atoms with E-state index in [4.69, 9.17) is 4.52 Å². The van der Waals surface area contributed by atoms with Crippen LogP contribution in [-0.2, 0) is 19.3 Å². The standard InChI is InChI=1S/C24H30N6O2/c1-4-21-29-23(32-30-21)19-10-8-17(9-11-19)12-14-27-24(26-3)28-15-13-18-6-5-7-20(16-18)22(31)25-2/h5-11,16H,4,12-15H2,1-3H3,(H,25,31)(H2,26,27,28). The Morgan fingerprint density at radius 2 is 1.75 bits per heavy atom. The summed E-state index contributed by atoms with van der Waals surface area (Å²) in [5.41, 5.74) is 3.90. The maximum atomic E-state index is 11.8. The number of carbonyl (C=O) groups excluding carboxylic acids is 1. The van der Waals surface area contributed by atoms with Crippen LogP contribution in [0.5, 0.6) is 0 Å². The van der Waals surface area contributed by atoms with Crippen LogP contribution in [0.15, 0.2) is 58.0 Å². The number of aryl methyl sites for hydroxylation is 1. The number of rotatable bonds is 9. The van der Waals surface area contributed by atoms with Crippen LogP contribution in [0.25, 0.3) is 11.5 Å². The third-order valence-electron chi connectivity index (χ3n) is 5.04. The van der Waals surface area contributed by atoms with Crippen LogP contribution in [0, 0.1) is 0 Å². The van der Waals surface area contributed by atoms with Crippen molar-refractivity contribution in [1.29, 1.82) is 0 Å². The Labute approximate surface area is 188 Å². The van der Waals surface area contributed by atoms with Crippen molar-refractivity contribution in [2.24, 2.45) is 4.99 Å². The summed E-state index contributed by atoms with van der Waals surface area (Å²) in [6.07, 6.45) is 2.41. The summed E-state index contributed by atoms with van der Waals surface area (Å²) >= 11 is 0. The van der Waals surface area contributed by atoms with E-state index in [0.717, 1.165) is 49.4 Å². The Hall–Kier alpha value is -3.68. The third-order valence-corrected chi connectivity index (χ3v) is 5.04. The van der Waals surface area contributed by atoms with Gasteiger partial charge < -0.3 is 20.5 Å². The number of guanidine groups is 1. The zero-order chi connectivity index (χ0) is 22.8. The molecule has 0 aliphatic rings. The molecule has 0 saturated heterocycles. The number of amides is 1. The fraction of sp³-hybridized carbons (Fsp3) is 0.333. The zero-order valence-electron chi connectivity index (χ0n) is 18.8. The number of benzene rings is 2. The highest BCUT2D eigenvalue weighted by atomic mass is 16.5. The predicted octanol–water partition coefficient (Wildman–Crippen LogP) is 2.61. The van der Waals surface area contributed by atoms with Crippen molar-refractivity contribution in [3.8, 4) is 11.5 Å². The minimum Gasteiger partial charge on any atom is -0.356 e. The van der Waals surface area contributed by atoms with Gasteiger partial charge in [-0.2, -0.15) is 4.98 Å². The maximum absolute atomic E-state index is 11.8. The molecule has 168 valence electrons. The summed E-state index contributed by atoms with van der Waals surface area (Å²) in [4.78, 5) is 20.4. The summed E-state index contributed by atoms with van der Waals surface area (Å²) < 4.78 is 5.28. The molecular weight excluding hydrogens is 404 g/mol. The minimum absolute atomic E-state index is 0.0758. The molecule has 0 fully saturated rings. The summed E-state index contributed by atoms with van der Waals surface area (Å²) in [6.45, 7) is 3.47. The molecule has 0 bridgehead atoms. The number of aromatic nitrogens is 2. The van der Waals surface area contributed by atoms with Crippen LogP contribution in [0.1, 0.15) is 34.2 Å². The number of hydrogen-bond donors (Lipinski definition) is 3. The molecule has 0 aliphatic heterocycles. The second-order valence-electron chi connectivity index (χ2n) is 7.27. The first kappa shape index (κ1) is 23.0. The molecule has 0 aliphatic carbocycles. The average molecular weight is 435 g/mol. The molecule has 0 saturated carbocycles. The van der Waals surface area contributed by atoms with E-state index in [9.17, 15) is 4.79 Å².